The first-order valence-corrected chi connectivity index (χ1v) is 5.62. The highest BCUT2D eigenvalue weighted by atomic mass is 16.5. The van der Waals surface area contributed by atoms with Gasteiger partial charge in [0.15, 0.2) is 0 Å². The molecule has 0 saturated carbocycles. The number of nitrogens with zero attached hydrogens (tertiary/aromatic N) is 1. The van der Waals surface area contributed by atoms with E-state index in [1.54, 1.807) is 12.1 Å². The number of hydrogen-bond acceptors (Lipinski definition) is 4. The molecule has 0 aliphatic carbocycles. The lowest BCUT2D eigenvalue weighted by Gasteiger charge is -2.05. The van der Waals surface area contributed by atoms with Crippen molar-refractivity contribution in [3.8, 4) is 5.75 Å². The van der Waals surface area contributed by atoms with Gasteiger partial charge < -0.3 is 9.84 Å². The summed E-state index contributed by atoms with van der Waals surface area (Å²) in [5, 5.41) is 16.9. The molecule has 0 aromatic heterocycles. The smallest absolute Gasteiger partial charge is 0.119 e. The Kier molecular flexibility index (Phi) is 6.78. The molecular weight excluding hydrogens is 220 g/mol. The van der Waals surface area contributed by atoms with Gasteiger partial charge in [-0.15, -0.1) is 0 Å². The first-order valence-electron chi connectivity index (χ1n) is 5.62. The summed E-state index contributed by atoms with van der Waals surface area (Å²) in [6, 6.07) is 7.26. The maximum Gasteiger partial charge on any atom is 0.119 e. The van der Waals surface area contributed by atoms with Crippen LogP contribution in [0.25, 0.3) is 0 Å². The second-order valence-electron chi connectivity index (χ2n) is 3.51. The topological polar surface area (TPSA) is 74.1 Å². The van der Waals surface area contributed by atoms with E-state index < -0.39 is 0 Å². The van der Waals surface area contributed by atoms with E-state index >= 15 is 0 Å². The van der Waals surface area contributed by atoms with Crippen molar-refractivity contribution in [1.29, 1.82) is 0 Å². The molecule has 0 amide bonds. The maximum absolute atomic E-state index is 8.61. The maximum atomic E-state index is 8.61. The number of rotatable bonds is 8. The fourth-order valence-electron chi connectivity index (χ4n) is 1.31. The van der Waals surface area contributed by atoms with Crippen LogP contribution in [0.5, 0.6) is 5.75 Å². The van der Waals surface area contributed by atoms with Crippen LogP contribution in [0.4, 0.5) is 5.69 Å². The molecule has 0 aliphatic heterocycles. The lowest BCUT2D eigenvalue weighted by Crippen LogP contribution is -2.00. The highest BCUT2D eigenvalue weighted by Gasteiger charge is 1.94. The van der Waals surface area contributed by atoms with E-state index in [9.17, 15) is 0 Å². The molecule has 0 fully saturated rings. The van der Waals surface area contributed by atoms with Crippen LogP contribution in [0, 0.1) is 0 Å². The Morgan fingerprint density at radius 2 is 1.94 bits per heavy atom. The fourth-order valence-corrected chi connectivity index (χ4v) is 1.31. The molecule has 0 radical (unpaired) electrons. The first-order chi connectivity index (χ1) is 8.36. The Labute approximate surface area is 101 Å². The van der Waals surface area contributed by atoms with E-state index in [4.69, 9.17) is 15.1 Å². The minimum Gasteiger partial charge on any atom is -0.494 e. The molecule has 0 saturated heterocycles. The van der Waals surface area contributed by atoms with Crippen LogP contribution in [0.2, 0.25) is 0 Å². The molecule has 3 N–H and O–H groups in total. The lowest BCUT2D eigenvalue weighted by molar-refractivity contribution is 0.240. The van der Waals surface area contributed by atoms with Crippen molar-refractivity contribution in [1.82, 2.24) is 5.48 Å². The Morgan fingerprint density at radius 3 is 2.59 bits per heavy atom. The van der Waals surface area contributed by atoms with E-state index in [1.807, 2.05) is 17.6 Å². The number of hydrogen-bond donors (Lipinski definition) is 3. The monoisotopic (exact) mass is 238 g/mol. The summed E-state index contributed by atoms with van der Waals surface area (Å²) in [6.07, 6.45) is 3.94. The van der Waals surface area contributed by atoms with E-state index in [0.29, 0.717) is 6.61 Å². The van der Waals surface area contributed by atoms with Gasteiger partial charge in [-0.2, -0.15) is 0 Å². The largest absolute Gasteiger partial charge is 0.494 e. The predicted molar refractivity (Wildman–Crippen MR) is 65.9 cm³/mol. The summed E-state index contributed by atoms with van der Waals surface area (Å²) >= 11 is 0. The summed E-state index contributed by atoms with van der Waals surface area (Å²) in [6.45, 7) is 0.895. The highest BCUT2D eigenvalue weighted by molar-refractivity contribution is 5.59. The Morgan fingerprint density at radius 1 is 1.18 bits per heavy atom. The molecule has 1 aromatic carbocycles. The predicted octanol–water partition coefficient (Wildman–Crippen LogP) is 1.87. The molecular formula is C12H18N2O3. The third kappa shape index (κ3) is 5.89. The number of aliphatic hydroxyl groups is 1. The quantitative estimate of drug-likeness (QED) is 0.280. The van der Waals surface area contributed by atoms with Crippen molar-refractivity contribution < 1.29 is 15.1 Å². The van der Waals surface area contributed by atoms with Gasteiger partial charge in [0.05, 0.1) is 12.3 Å². The van der Waals surface area contributed by atoms with Crippen molar-refractivity contribution in [2.45, 2.75) is 19.3 Å². The molecule has 94 valence electrons. The van der Waals surface area contributed by atoms with E-state index in [-0.39, 0.29) is 6.61 Å². The lowest BCUT2D eigenvalue weighted by atomic mass is 10.2. The van der Waals surface area contributed by atoms with Crippen molar-refractivity contribution in [2.24, 2.45) is 4.99 Å². The number of benzene rings is 1. The number of unbranched alkanes of at least 4 members (excludes halogenated alkanes) is 2. The molecule has 0 heterocycles. The van der Waals surface area contributed by atoms with Crippen LogP contribution in [-0.2, 0) is 0 Å². The molecule has 1 aromatic rings. The number of aliphatic imine (C=N–C) groups is 1. The molecule has 1 rings (SSSR count). The molecule has 0 aliphatic rings. The summed E-state index contributed by atoms with van der Waals surface area (Å²) in [7, 11) is 0. The first kappa shape index (κ1) is 13.5. The van der Waals surface area contributed by atoms with Gasteiger partial charge in [0.25, 0.3) is 0 Å². The van der Waals surface area contributed by atoms with Gasteiger partial charge in [-0.1, -0.05) is 0 Å². The van der Waals surface area contributed by atoms with Crippen molar-refractivity contribution in [2.75, 3.05) is 13.2 Å². The van der Waals surface area contributed by atoms with Gasteiger partial charge in [0.1, 0.15) is 12.1 Å². The zero-order valence-electron chi connectivity index (χ0n) is 9.67. The Bertz CT molecular complexity index is 325. The third-order valence-electron chi connectivity index (χ3n) is 2.18. The Balaban J connectivity index is 2.28. The van der Waals surface area contributed by atoms with Crippen LogP contribution in [0.1, 0.15) is 19.3 Å². The van der Waals surface area contributed by atoms with Gasteiger partial charge in [-0.3, -0.25) is 10.7 Å². The van der Waals surface area contributed by atoms with Crippen LogP contribution in [-0.4, -0.2) is 29.9 Å². The van der Waals surface area contributed by atoms with E-state index in [2.05, 4.69) is 4.99 Å². The van der Waals surface area contributed by atoms with Crippen molar-refractivity contribution in [3.63, 3.8) is 0 Å². The van der Waals surface area contributed by atoms with E-state index in [1.165, 1.54) is 6.34 Å². The number of hydroxylamine groups is 1. The molecule has 5 heteroatoms. The summed E-state index contributed by atoms with van der Waals surface area (Å²) in [4.78, 5) is 3.92. The van der Waals surface area contributed by atoms with Crippen LogP contribution < -0.4 is 10.2 Å². The van der Waals surface area contributed by atoms with Gasteiger partial charge in [-0.25, -0.2) is 4.99 Å². The number of ether oxygens (including phenoxy) is 1. The van der Waals surface area contributed by atoms with Gasteiger partial charge in [0.2, 0.25) is 0 Å². The molecule has 17 heavy (non-hydrogen) atoms. The Hall–Kier alpha value is -1.59. The average molecular weight is 238 g/mol. The third-order valence-corrected chi connectivity index (χ3v) is 2.18. The average Bonchev–Trinajstić information content (AvgIpc) is 2.37. The van der Waals surface area contributed by atoms with Crippen LogP contribution in [0.3, 0.4) is 0 Å². The van der Waals surface area contributed by atoms with Gasteiger partial charge in [0, 0.05) is 6.61 Å². The second kappa shape index (κ2) is 8.55. The van der Waals surface area contributed by atoms with Gasteiger partial charge in [-0.05, 0) is 43.5 Å². The van der Waals surface area contributed by atoms with Crippen molar-refractivity contribution >= 4 is 12.0 Å². The van der Waals surface area contributed by atoms with Crippen molar-refractivity contribution in [3.05, 3.63) is 24.3 Å². The fraction of sp³-hybridized carbons (Fsp3) is 0.417. The molecule has 0 bridgehead atoms. The molecule has 5 nitrogen and oxygen atoms in total. The zero-order valence-corrected chi connectivity index (χ0v) is 9.67. The van der Waals surface area contributed by atoms with E-state index in [0.717, 1.165) is 30.7 Å². The summed E-state index contributed by atoms with van der Waals surface area (Å²) in [5.74, 6) is 0.796. The van der Waals surface area contributed by atoms with Crippen LogP contribution in [0.15, 0.2) is 29.3 Å². The van der Waals surface area contributed by atoms with Crippen LogP contribution >= 0.6 is 0 Å². The normalized spacial score (nSPS) is 10.7. The number of aliphatic hydroxyl groups excluding tert-OH is 1. The number of nitrogens with one attached hydrogen (secondary N) is 1. The molecule has 0 spiro atoms. The second-order valence-corrected chi connectivity index (χ2v) is 3.51. The zero-order chi connectivity index (χ0) is 12.3. The molecule has 0 unspecified atom stereocenters. The minimum atomic E-state index is 0.242. The van der Waals surface area contributed by atoms with Gasteiger partial charge >= 0.3 is 0 Å². The summed E-state index contributed by atoms with van der Waals surface area (Å²) < 4.78 is 5.51. The SMILES string of the molecule is OCCCCCOc1ccc(N=CNO)cc1. The summed E-state index contributed by atoms with van der Waals surface area (Å²) in [5.41, 5.74) is 2.58. The minimum absolute atomic E-state index is 0.242. The standard InChI is InChI=1S/C12H18N2O3/c15-8-2-1-3-9-17-12-6-4-11(5-7-12)13-10-14-16/h4-7,10,15-16H,1-3,8-9H2,(H,13,14). The highest BCUT2D eigenvalue weighted by Crippen LogP contribution is 2.17. The molecule has 0 atom stereocenters.